The molecule has 1 amide bonds. The molecular weight excluding hydrogens is 447 g/mol. The minimum absolute atomic E-state index is 0. The van der Waals surface area contributed by atoms with Crippen LogP contribution < -0.4 is 16.0 Å². The summed E-state index contributed by atoms with van der Waals surface area (Å²) in [6.07, 6.45) is 4.14. The monoisotopic (exact) mass is 480 g/mol. The normalized spacial score (nSPS) is 12.7. The molecular formula is C17H33IN6O2. The van der Waals surface area contributed by atoms with Crippen LogP contribution in [0.15, 0.2) is 23.5 Å². The van der Waals surface area contributed by atoms with E-state index in [1.54, 1.807) is 13.2 Å². The van der Waals surface area contributed by atoms with Gasteiger partial charge in [0.1, 0.15) is 5.60 Å². The fourth-order valence-corrected chi connectivity index (χ4v) is 2.08. The number of rotatable bonds is 8. The molecule has 0 bridgehead atoms. The molecule has 0 aliphatic rings. The number of nitrogens with one attached hydrogen (secondary N) is 3. The molecule has 0 saturated heterocycles. The molecule has 0 fully saturated rings. The summed E-state index contributed by atoms with van der Waals surface area (Å²) in [5.41, 5.74) is -0.471. The van der Waals surface area contributed by atoms with Gasteiger partial charge in [0, 0.05) is 45.6 Å². The Hall–Kier alpha value is -1.52. The van der Waals surface area contributed by atoms with Crippen molar-refractivity contribution in [3.05, 3.63) is 18.5 Å². The summed E-state index contributed by atoms with van der Waals surface area (Å²) in [6, 6.07) is 1.92. The molecule has 26 heavy (non-hydrogen) atoms. The van der Waals surface area contributed by atoms with E-state index in [9.17, 15) is 4.79 Å². The van der Waals surface area contributed by atoms with E-state index in [0.717, 1.165) is 25.5 Å². The van der Waals surface area contributed by atoms with E-state index in [0.29, 0.717) is 19.0 Å². The maximum absolute atomic E-state index is 11.5. The number of hydrogen-bond acceptors (Lipinski definition) is 4. The molecule has 0 aliphatic heterocycles. The van der Waals surface area contributed by atoms with Crippen molar-refractivity contribution < 1.29 is 9.53 Å². The minimum atomic E-state index is -0.471. The summed E-state index contributed by atoms with van der Waals surface area (Å²) in [7, 11) is 1.74. The zero-order chi connectivity index (χ0) is 18.7. The molecule has 150 valence electrons. The lowest BCUT2D eigenvalue weighted by atomic mass is 10.2. The van der Waals surface area contributed by atoms with E-state index in [2.05, 4.69) is 33.0 Å². The fourth-order valence-electron chi connectivity index (χ4n) is 2.08. The average Bonchev–Trinajstić information content (AvgIpc) is 3.01. The van der Waals surface area contributed by atoms with Gasteiger partial charge in [-0.25, -0.2) is 4.79 Å². The molecule has 0 aliphatic carbocycles. The van der Waals surface area contributed by atoms with Gasteiger partial charge in [-0.05, 0) is 39.2 Å². The first-order chi connectivity index (χ1) is 11.8. The Morgan fingerprint density at radius 2 is 1.96 bits per heavy atom. The molecule has 1 rings (SSSR count). The highest BCUT2D eigenvalue weighted by Crippen LogP contribution is 2.06. The highest BCUT2D eigenvalue weighted by molar-refractivity contribution is 14.0. The Labute approximate surface area is 173 Å². The highest BCUT2D eigenvalue weighted by Gasteiger charge is 2.15. The number of carbonyl (C=O) groups excluding carboxylic acids is 1. The number of aromatic nitrogens is 2. The van der Waals surface area contributed by atoms with Gasteiger partial charge in [-0.1, -0.05) is 6.92 Å². The van der Waals surface area contributed by atoms with Gasteiger partial charge in [0.2, 0.25) is 0 Å². The fraction of sp³-hybridized carbons (Fsp3) is 0.706. The number of amides is 1. The van der Waals surface area contributed by atoms with Gasteiger partial charge in [0.15, 0.2) is 5.96 Å². The lowest BCUT2D eigenvalue weighted by molar-refractivity contribution is 0.0527. The largest absolute Gasteiger partial charge is 0.444 e. The highest BCUT2D eigenvalue weighted by atomic mass is 127. The zero-order valence-electron chi connectivity index (χ0n) is 16.4. The molecule has 9 heteroatoms. The van der Waals surface area contributed by atoms with Crippen molar-refractivity contribution in [2.24, 2.45) is 10.9 Å². The van der Waals surface area contributed by atoms with Crippen molar-refractivity contribution in [3.8, 4) is 0 Å². The van der Waals surface area contributed by atoms with Crippen LogP contribution in [-0.2, 0) is 11.3 Å². The maximum atomic E-state index is 11.5. The van der Waals surface area contributed by atoms with E-state index in [1.165, 1.54) is 0 Å². The van der Waals surface area contributed by atoms with Crippen molar-refractivity contribution >= 4 is 36.0 Å². The van der Waals surface area contributed by atoms with Crippen LogP contribution >= 0.6 is 24.0 Å². The molecule has 0 aromatic carbocycles. The average molecular weight is 480 g/mol. The predicted molar refractivity (Wildman–Crippen MR) is 115 cm³/mol. The van der Waals surface area contributed by atoms with Crippen molar-refractivity contribution in [3.63, 3.8) is 0 Å². The van der Waals surface area contributed by atoms with Crippen LogP contribution in [0.3, 0.4) is 0 Å². The summed E-state index contributed by atoms with van der Waals surface area (Å²) < 4.78 is 7.10. The van der Waals surface area contributed by atoms with Gasteiger partial charge in [-0.3, -0.25) is 9.67 Å². The molecule has 1 heterocycles. The van der Waals surface area contributed by atoms with Gasteiger partial charge in [-0.15, -0.1) is 24.0 Å². The van der Waals surface area contributed by atoms with Gasteiger partial charge < -0.3 is 20.7 Å². The maximum Gasteiger partial charge on any atom is 0.407 e. The lowest BCUT2D eigenvalue weighted by Gasteiger charge is -2.19. The zero-order valence-corrected chi connectivity index (χ0v) is 18.7. The van der Waals surface area contributed by atoms with Crippen LogP contribution in [0.25, 0.3) is 0 Å². The molecule has 1 aromatic heterocycles. The molecule has 1 unspecified atom stereocenters. The summed E-state index contributed by atoms with van der Waals surface area (Å²) in [5.74, 6) is 1.18. The topological polar surface area (TPSA) is 92.6 Å². The van der Waals surface area contributed by atoms with Crippen LogP contribution in [0.5, 0.6) is 0 Å². The third kappa shape index (κ3) is 11.9. The minimum Gasteiger partial charge on any atom is -0.444 e. The molecule has 1 aromatic rings. The van der Waals surface area contributed by atoms with Crippen molar-refractivity contribution in [1.82, 2.24) is 25.7 Å². The van der Waals surface area contributed by atoms with Crippen LogP contribution in [-0.4, -0.2) is 54.1 Å². The number of aliphatic imine (C=N–C) groups is 1. The SMILES string of the molecule is CN=C(NCCCNC(=O)OC(C)(C)C)NCC(C)Cn1cccn1.I. The van der Waals surface area contributed by atoms with E-state index in [1.807, 2.05) is 37.7 Å². The number of ether oxygens (including phenoxy) is 1. The first kappa shape index (κ1) is 24.5. The Bertz CT molecular complexity index is 528. The van der Waals surface area contributed by atoms with Crippen LogP contribution in [0.4, 0.5) is 4.79 Å². The lowest BCUT2D eigenvalue weighted by Crippen LogP contribution is -2.41. The number of hydrogen-bond donors (Lipinski definition) is 3. The quantitative estimate of drug-likeness (QED) is 0.230. The number of alkyl carbamates (subject to hydrolysis) is 1. The molecule has 0 saturated carbocycles. The van der Waals surface area contributed by atoms with E-state index >= 15 is 0 Å². The second-order valence-corrected chi connectivity index (χ2v) is 7.00. The van der Waals surface area contributed by atoms with Crippen molar-refractivity contribution in [1.29, 1.82) is 0 Å². The van der Waals surface area contributed by atoms with Crippen molar-refractivity contribution in [2.75, 3.05) is 26.7 Å². The molecule has 3 N–H and O–H groups in total. The number of nitrogens with zero attached hydrogens (tertiary/aromatic N) is 3. The third-order valence-electron chi connectivity index (χ3n) is 3.21. The summed E-state index contributed by atoms with van der Waals surface area (Å²) in [4.78, 5) is 15.7. The van der Waals surface area contributed by atoms with E-state index in [-0.39, 0.29) is 30.1 Å². The standard InChI is InChI=1S/C17H32N6O2.HI/c1-14(13-23-11-7-10-22-23)12-21-15(18-5)19-8-6-9-20-16(24)25-17(2,3)4;/h7,10-11,14H,6,8-9,12-13H2,1-5H3,(H,20,24)(H2,18,19,21);1H. The summed E-state index contributed by atoms with van der Waals surface area (Å²) in [5, 5.41) is 13.5. The molecule has 0 radical (unpaired) electrons. The van der Waals surface area contributed by atoms with E-state index in [4.69, 9.17) is 4.74 Å². The Morgan fingerprint density at radius 1 is 1.27 bits per heavy atom. The Morgan fingerprint density at radius 3 is 2.54 bits per heavy atom. The van der Waals surface area contributed by atoms with Gasteiger partial charge in [-0.2, -0.15) is 5.10 Å². The van der Waals surface area contributed by atoms with E-state index < -0.39 is 5.60 Å². The summed E-state index contributed by atoms with van der Waals surface area (Å²) in [6.45, 7) is 10.6. The third-order valence-corrected chi connectivity index (χ3v) is 3.21. The smallest absolute Gasteiger partial charge is 0.407 e. The second kappa shape index (κ2) is 12.8. The summed E-state index contributed by atoms with van der Waals surface area (Å²) >= 11 is 0. The number of halogens is 1. The van der Waals surface area contributed by atoms with Crippen LogP contribution in [0.2, 0.25) is 0 Å². The van der Waals surface area contributed by atoms with Gasteiger partial charge in [0.25, 0.3) is 0 Å². The number of guanidine groups is 1. The Balaban J connectivity index is 0.00000625. The predicted octanol–water partition coefficient (Wildman–Crippen LogP) is 2.22. The molecule has 0 spiro atoms. The first-order valence-corrected chi connectivity index (χ1v) is 8.69. The van der Waals surface area contributed by atoms with Crippen LogP contribution in [0, 0.1) is 5.92 Å². The van der Waals surface area contributed by atoms with Gasteiger partial charge >= 0.3 is 6.09 Å². The van der Waals surface area contributed by atoms with Gasteiger partial charge in [0.05, 0.1) is 0 Å². The molecule has 8 nitrogen and oxygen atoms in total. The Kier molecular flexibility index (Phi) is 12.0. The second-order valence-electron chi connectivity index (χ2n) is 7.00. The van der Waals surface area contributed by atoms with Crippen LogP contribution in [0.1, 0.15) is 34.1 Å². The number of carbonyl (C=O) groups is 1. The van der Waals surface area contributed by atoms with Crippen molar-refractivity contribution in [2.45, 2.75) is 46.3 Å². The molecule has 1 atom stereocenters. The first-order valence-electron chi connectivity index (χ1n) is 8.69.